The maximum atomic E-state index is 13.9. The summed E-state index contributed by atoms with van der Waals surface area (Å²) in [5.41, 5.74) is 0.271. The third-order valence-corrected chi connectivity index (χ3v) is 3.36. The van der Waals surface area contributed by atoms with E-state index in [0.717, 1.165) is 28.7 Å². The van der Waals surface area contributed by atoms with Crippen molar-refractivity contribution in [3.63, 3.8) is 0 Å². The summed E-state index contributed by atoms with van der Waals surface area (Å²) < 4.78 is 32.9. The van der Waals surface area contributed by atoms with Gasteiger partial charge in [0.15, 0.2) is 0 Å². The maximum absolute atomic E-state index is 13.9. The third kappa shape index (κ3) is 2.40. The second-order valence-corrected chi connectivity index (χ2v) is 4.71. The molecule has 0 aliphatic heterocycles. The first-order valence-corrected chi connectivity index (χ1v) is 6.34. The minimum atomic E-state index is -0.791. The number of fused-ring (bicyclic) bond motifs is 1. The second kappa shape index (κ2) is 5.05. The van der Waals surface area contributed by atoms with E-state index in [1.807, 2.05) is 12.1 Å². The normalized spacial score (nSPS) is 10.8. The molecule has 3 rings (SSSR count). The van der Waals surface area contributed by atoms with Crippen LogP contribution in [0, 0.1) is 11.6 Å². The third-order valence-electron chi connectivity index (χ3n) is 3.36. The monoisotopic (exact) mass is 286 g/mol. The summed E-state index contributed by atoms with van der Waals surface area (Å²) >= 11 is 0. The predicted molar refractivity (Wildman–Crippen MR) is 77.5 cm³/mol. The molecule has 0 saturated heterocycles. The number of phenols is 1. The lowest BCUT2D eigenvalue weighted by molar-refractivity contribution is 0.415. The summed E-state index contributed by atoms with van der Waals surface area (Å²) in [4.78, 5) is 0. The van der Waals surface area contributed by atoms with Crippen LogP contribution in [-0.2, 0) is 0 Å². The fourth-order valence-electron chi connectivity index (χ4n) is 2.34. The first-order chi connectivity index (χ1) is 10.1. The van der Waals surface area contributed by atoms with Crippen LogP contribution in [0.1, 0.15) is 0 Å². The van der Waals surface area contributed by atoms with E-state index >= 15 is 0 Å². The Bertz CT molecular complexity index is 805. The lowest BCUT2D eigenvalue weighted by Gasteiger charge is -2.08. The number of methoxy groups -OCH3 is 1. The van der Waals surface area contributed by atoms with Gasteiger partial charge in [0.05, 0.1) is 12.7 Å². The molecule has 3 aromatic rings. The molecule has 3 aromatic carbocycles. The van der Waals surface area contributed by atoms with Crippen LogP contribution in [0.25, 0.3) is 21.9 Å². The Morgan fingerprint density at radius 1 is 0.857 bits per heavy atom. The molecule has 0 heterocycles. The number of benzene rings is 3. The topological polar surface area (TPSA) is 29.5 Å². The molecule has 1 N–H and O–H groups in total. The molecule has 0 aliphatic rings. The molecule has 2 nitrogen and oxygen atoms in total. The van der Waals surface area contributed by atoms with Gasteiger partial charge in [0.1, 0.15) is 23.1 Å². The number of hydrogen-bond acceptors (Lipinski definition) is 2. The van der Waals surface area contributed by atoms with Gasteiger partial charge in [0.2, 0.25) is 0 Å². The Hall–Kier alpha value is -2.62. The fraction of sp³-hybridized carbons (Fsp3) is 0.0588. The van der Waals surface area contributed by atoms with Gasteiger partial charge < -0.3 is 9.84 Å². The van der Waals surface area contributed by atoms with E-state index in [-0.39, 0.29) is 5.56 Å². The van der Waals surface area contributed by atoms with Crippen LogP contribution >= 0.6 is 0 Å². The Labute approximate surface area is 120 Å². The average molecular weight is 286 g/mol. The van der Waals surface area contributed by atoms with Gasteiger partial charge in [0.25, 0.3) is 0 Å². The molecule has 0 unspecified atom stereocenters. The van der Waals surface area contributed by atoms with Gasteiger partial charge in [0, 0.05) is 12.1 Å². The molecule has 0 atom stereocenters. The highest BCUT2D eigenvalue weighted by molar-refractivity contribution is 5.88. The summed E-state index contributed by atoms with van der Waals surface area (Å²) in [5, 5.41) is 11.0. The minimum Gasteiger partial charge on any atom is -0.508 e. The van der Waals surface area contributed by atoms with Crippen molar-refractivity contribution >= 4 is 10.8 Å². The van der Waals surface area contributed by atoms with Crippen LogP contribution in [-0.4, -0.2) is 12.2 Å². The van der Waals surface area contributed by atoms with Crippen LogP contribution in [0.15, 0.2) is 48.5 Å². The minimum absolute atomic E-state index is 0.148. The molecule has 0 radical (unpaired) electrons. The molecule has 0 fully saturated rings. The van der Waals surface area contributed by atoms with Gasteiger partial charge in [-0.1, -0.05) is 18.2 Å². The van der Waals surface area contributed by atoms with E-state index < -0.39 is 17.4 Å². The van der Waals surface area contributed by atoms with Gasteiger partial charge in [-0.15, -0.1) is 0 Å². The van der Waals surface area contributed by atoms with Crippen molar-refractivity contribution in [1.82, 2.24) is 0 Å². The van der Waals surface area contributed by atoms with Crippen molar-refractivity contribution in [3.05, 3.63) is 60.2 Å². The number of phenolic OH excluding ortho intramolecular Hbond substituents is 1. The van der Waals surface area contributed by atoms with Crippen molar-refractivity contribution in [2.75, 3.05) is 7.11 Å². The lowest BCUT2D eigenvalue weighted by atomic mass is 10.00. The highest BCUT2D eigenvalue weighted by atomic mass is 19.1. The van der Waals surface area contributed by atoms with Crippen LogP contribution in [0.2, 0.25) is 0 Å². The average Bonchev–Trinajstić information content (AvgIpc) is 2.45. The lowest BCUT2D eigenvalue weighted by Crippen LogP contribution is -1.90. The summed E-state index contributed by atoms with van der Waals surface area (Å²) in [7, 11) is 1.58. The summed E-state index contributed by atoms with van der Waals surface area (Å²) in [5.74, 6) is -1.29. The molecule has 0 amide bonds. The van der Waals surface area contributed by atoms with Crippen LogP contribution in [0.4, 0.5) is 8.78 Å². The van der Waals surface area contributed by atoms with Crippen molar-refractivity contribution < 1.29 is 18.6 Å². The molecule has 0 bridgehead atoms. The number of halogens is 2. The molecule has 0 saturated carbocycles. The molecule has 0 aromatic heterocycles. The zero-order chi connectivity index (χ0) is 15.0. The second-order valence-electron chi connectivity index (χ2n) is 4.71. The van der Waals surface area contributed by atoms with Crippen LogP contribution < -0.4 is 4.74 Å². The highest BCUT2D eigenvalue weighted by Gasteiger charge is 2.13. The molecule has 106 valence electrons. The van der Waals surface area contributed by atoms with E-state index in [0.29, 0.717) is 5.56 Å². The fourth-order valence-corrected chi connectivity index (χ4v) is 2.34. The molecule has 0 aliphatic carbocycles. The SMILES string of the molecule is COc1ccc2cc(-c3c(F)cc(O)cc3F)ccc2c1. The number of hydrogen-bond donors (Lipinski definition) is 1. The highest BCUT2D eigenvalue weighted by Crippen LogP contribution is 2.32. The van der Waals surface area contributed by atoms with Crippen molar-refractivity contribution in [3.8, 4) is 22.6 Å². The first-order valence-electron chi connectivity index (χ1n) is 6.34. The van der Waals surface area contributed by atoms with Gasteiger partial charge in [-0.25, -0.2) is 8.78 Å². The van der Waals surface area contributed by atoms with Crippen molar-refractivity contribution in [1.29, 1.82) is 0 Å². The largest absolute Gasteiger partial charge is 0.508 e. The summed E-state index contributed by atoms with van der Waals surface area (Å²) in [6, 6.07) is 12.4. The Morgan fingerprint density at radius 2 is 1.48 bits per heavy atom. The number of aromatic hydroxyl groups is 1. The van der Waals surface area contributed by atoms with Gasteiger partial charge in [-0.05, 0) is 34.5 Å². The van der Waals surface area contributed by atoms with Crippen LogP contribution in [0.5, 0.6) is 11.5 Å². The Balaban J connectivity index is 2.18. The molecule has 0 spiro atoms. The van der Waals surface area contributed by atoms with E-state index in [9.17, 15) is 13.9 Å². The standard InChI is InChI=1S/C17H12F2O2/c1-21-14-5-4-10-6-12(3-2-11(10)7-14)17-15(18)8-13(20)9-16(17)19/h2-9,20H,1H3. The summed E-state index contributed by atoms with van der Waals surface area (Å²) in [6.45, 7) is 0. The Morgan fingerprint density at radius 3 is 2.14 bits per heavy atom. The van der Waals surface area contributed by atoms with E-state index in [2.05, 4.69) is 0 Å². The van der Waals surface area contributed by atoms with Crippen LogP contribution in [0.3, 0.4) is 0 Å². The van der Waals surface area contributed by atoms with Gasteiger partial charge in [-0.3, -0.25) is 0 Å². The zero-order valence-corrected chi connectivity index (χ0v) is 11.2. The smallest absolute Gasteiger partial charge is 0.137 e. The van der Waals surface area contributed by atoms with Gasteiger partial charge in [-0.2, -0.15) is 0 Å². The maximum Gasteiger partial charge on any atom is 0.137 e. The van der Waals surface area contributed by atoms with Gasteiger partial charge >= 0.3 is 0 Å². The molecule has 21 heavy (non-hydrogen) atoms. The first kappa shape index (κ1) is 13.4. The molecular weight excluding hydrogens is 274 g/mol. The zero-order valence-electron chi connectivity index (χ0n) is 11.2. The Kier molecular flexibility index (Phi) is 3.22. The van der Waals surface area contributed by atoms with E-state index in [1.54, 1.807) is 31.4 Å². The number of rotatable bonds is 2. The summed E-state index contributed by atoms with van der Waals surface area (Å²) in [6.07, 6.45) is 0. The van der Waals surface area contributed by atoms with Crippen molar-refractivity contribution in [2.45, 2.75) is 0 Å². The van der Waals surface area contributed by atoms with Crippen molar-refractivity contribution in [2.24, 2.45) is 0 Å². The quantitative estimate of drug-likeness (QED) is 0.751. The van der Waals surface area contributed by atoms with E-state index in [1.165, 1.54) is 0 Å². The molecule has 4 heteroatoms. The number of ether oxygens (including phenoxy) is 1. The predicted octanol–water partition coefficient (Wildman–Crippen LogP) is 4.50. The molecular formula is C17H12F2O2. The van der Waals surface area contributed by atoms with E-state index in [4.69, 9.17) is 4.74 Å².